The molecule has 2 aromatic carbocycles. The van der Waals surface area contributed by atoms with Crippen molar-refractivity contribution in [2.75, 3.05) is 16.8 Å². The number of hydrogen-bond donors (Lipinski definition) is 1. The van der Waals surface area contributed by atoms with Crippen LogP contribution in [0.2, 0.25) is 10.0 Å². The van der Waals surface area contributed by atoms with Gasteiger partial charge in [-0.3, -0.25) is 9.59 Å². The minimum absolute atomic E-state index is 0.0955. The molecule has 0 bridgehead atoms. The van der Waals surface area contributed by atoms with Gasteiger partial charge in [-0.2, -0.15) is 0 Å². The van der Waals surface area contributed by atoms with Crippen LogP contribution < -0.4 is 10.2 Å². The highest BCUT2D eigenvalue weighted by molar-refractivity contribution is 6.32. The molecule has 2 aromatic rings. The van der Waals surface area contributed by atoms with Gasteiger partial charge in [0.2, 0.25) is 11.8 Å². The van der Waals surface area contributed by atoms with Gasteiger partial charge in [0.25, 0.3) is 0 Å². The number of rotatable bonds is 4. The number of amides is 2. The first-order valence-electron chi connectivity index (χ1n) is 7.07. The van der Waals surface area contributed by atoms with Gasteiger partial charge >= 0.3 is 0 Å². The van der Waals surface area contributed by atoms with Crippen LogP contribution in [0.1, 0.15) is 12.5 Å². The average molecular weight is 369 g/mol. The molecule has 0 radical (unpaired) electrons. The van der Waals surface area contributed by atoms with Crippen molar-refractivity contribution in [3.8, 4) is 0 Å². The monoisotopic (exact) mass is 368 g/mol. The van der Waals surface area contributed by atoms with E-state index in [9.17, 15) is 14.0 Å². The number of carbonyl (C=O) groups excluding carboxylic acids is 2. The summed E-state index contributed by atoms with van der Waals surface area (Å²) in [7, 11) is 0. The van der Waals surface area contributed by atoms with Crippen molar-refractivity contribution in [3.63, 3.8) is 0 Å². The minimum Gasteiger partial charge on any atom is -0.324 e. The third-order valence-corrected chi connectivity index (χ3v) is 4.11. The highest BCUT2D eigenvalue weighted by Crippen LogP contribution is 2.27. The Hall–Kier alpha value is -2.11. The Kier molecular flexibility index (Phi) is 5.80. The van der Waals surface area contributed by atoms with Crippen molar-refractivity contribution in [2.24, 2.45) is 0 Å². The van der Waals surface area contributed by atoms with E-state index < -0.39 is 11.7 Å². The fraction of sp³-hybridized carbons (Fsp3) is 0.176. The predicted molar refractivity (Wildman–Crippen MR) is 94.3 cm³/mol. The first-order chi connectivity index (χ1) is 11.3. The molecule has 4 nitrogen and oxygen atoms in total. The van der Waals surface area contributed by atoms with Gasteiger partial charge in [0.1, 0.15) is 12.4 Å². The van der Waals surface area contributed by atoms with E-state index in [0.29, 0.717) is 22.0 Å². The standard InChI is InChI=1S/C17H15Cl2FN2O2/c1-10-13(18)4-3-5-16(10)22(11(2)23)9-17(24)21-12-6-7-15(20)14(19)8-12/h3-8H,9H2,1-2H3,(H,21,24). The molecule has 0 aromatic heterocycles. The third kappa shape index (κ3) is 4.24. The summed E-state index contributed by atoms with van der Waals surface area (Å²) in [5, 5.41) is 2.99. The number of nitrogens with zero attached hydrogens (tertiary/aromatic N) is 1. The first kappa shape index (κ1) is 18.2. The maximum atomic E-state index is 13.1. The second-order valence-corrected chi connectivity index (χ2v) is 5.98. The van der Waals surface area contributed by atoms with Gasteiger partial charge in [-0.1, -0.05) is 29.3 Å². The van der Waals surface area contributed by atoms with Gasteiger partial charge in [0.05, 0.1) is 5.02 Å². The zero-order valence-corrected chi connectivity index (χ0v) is 14.6. The smallest absolute Gasteiger partial charge is 0.244 e. The molecular weight excluding hydrogens is 354 g/mol. The molecular formula is C17H15Cl2FN2O2. The van der Waals surface area contributed by atoms with Crippen molar-refractivity contribution >= 4 is 46.4 Å². The molecule has 0 aliphatic heterocycles. The second-order valence-electron chi connectivity index (χ2n) is 5.17. The van der Waals surface area contributed by atoms with Crippen LogP contribution in [-0.4, -0.2) is 18.4 Å². The van der Waals surface area contributed by atoms with Crippen molar-refractivity contribution in [2.45, 2.75) is 13.8 Å². The quantitative estimate of drug-likeness (QED) is 0.867. The van der Waals surface area contributed by atoms with E-state index in [1.54, 1.807) is 25.1 Å². The lowest BCUT2D eigenvalue weighted by molar-refractivity contribution is -0.120. The fourth-order valence-electron chi connectivity index (χ4n) is 2.17. The summed E-state index contributed by atoms with van der Waals surface area (Å²) in [5.41, 5.74) is 1.60. The zero-order valence-electron chi connectivity index (χ0n) is 13.1. The number of hydrogen-bond acceptors (Lipinski definition) is 2. The molecule has 0 fully saturated rings. The van der Waals surface area contributed by atoms with Crippen LogP contribution >= 0.6 is 23.2 Å². The number of halogens is 3. The summed E-state index contributed by atoms with van der Waals surface area (Å²) in [6.45, 7) is 2.93. The number of nitrogens with one attached hydrogen (secondary N) is 1. The van der Waals surface area contributed by atoms with Crippen LogP contribution in [0.3, 0.4) is 0 Å². The van der Waals surface area contributed by atoms with Crippen molar-refractivity contribution < 1.29 is 14.0 Å². The highest BCUT2D eigenvalue weighted by Gasteiger charge is 2.18. The Morgan fingerprint density at radius 3 is 2.50 bits per heavy atom. The summed E-state index contributed by atoms with van der Waals surface area (Å²) < 4.78 is 13.1. The summed E-state index contributed by atoms with van der Waals surface area (Å²) in [4.78, 5) is 25.5. The van der Waals surface area contributed by atoms with Crippen LogP contribution in [0, 0.1) is 12.7 Å². The summed E-state index contributed by atoms with van der Waals surface area (Å²) in [5.74, 6) is -1.31. The van der Waals surface area contributed by atoms with Crippen LogP contribution in [0.15, 0.2) is 36.4 Å². The van der Waals surface area contributed by atoms with E-state index in [1.165, 1.54) is 24.0 Å². The number of carbonyl (C=O) groups is 2. The normalized spacial score (nSPS) is 10.4. The Bertz CT molecular complexity index is 796. The van der Waals surface area contributed by atoms with E-state index in [4.69, 9.17) is 23.2 Å². The maximum Gasteiger partial charge on any atom is 0.244 e. The van der Waals surface area contributed by atoms with Gasteiger partial charge in [-0.05, 0) is 42.8 Å². The van der Waals surface area contributed by atoms with Gasteiger partial charge in [0.15, 0.2) is 0 Å². The van der Waals surface area contributed by atoms with Gasteiger partial charge in [0, 0.05) is 23.3 Å². The van der Waals surface area contributed by atoms with Gasteiger partial charge in [-0.25, -0.2) is 4.39 Å². The van der Waals surface area contributed by atoms with Crippen molar-refractivity contribution in [3.05, 3.63) is 57.8 Å². The minimum atomic E-state index is -0.574. The van der Waals surface area contributed by atoms with E-state index >= 15 is 0 Å². The topological polar surface area (TPSA) is 49.4 Å². The molecule has 0 atom stereocenters. The summed E-state index contributed by atoms with van der Waals surface area (Å²) in [6.07, 6.45) is 0. The third-order valence-electron chi connectivity index (χ3n) is 3.42. The van der Waals surface area contributed by atoms with E-state index in [1.807, 2.05) is 0 Å². The van der Waals surface area contributed by atoms with Crippen LogP contribution in [0.4, 0.5) is 15.8 Å². The van der Waals surface area contributed by atoms with E-state index in [0.717, 1.165) is 6.07 Å². The van der Waals surface area contributed by atoms with Crippen LogP contribution in [0.25, 0.3) is 0 Å². The van der Waals surface area contributed by atoms with Crippen LogP contribution in [0.5, 0.6) is 0 Å². The molecule has 0 aliphatic rings. The highest BCUT2D eigenvalue weighted by atomic mass is 35.5. The number of anilines is 2. The zero-order chi connectivity index (χ0) is 17.9. The molecule has 126 valence electrons. The Morgan fingerprint density at radius 1 is 1.17 bits per heavy atom. The lowest BCUT2D eigenvalue weighted by Crippen LogP contribution is -2.37. The largest absolute Gasteiger partial charge is 0.324 e. The van der Waals surface area contributed by atoms with Gasteiger partial charge < -0.3 is 10.2 Å². The maximum absolute atomic E-state index is 13.1. The lowest BCUT2D eigenvalue weighted by Gasteiger charge is -2.23. The molecule has 0 saturated carbocycles. The molecule has 2 amide bonds. The Morgan fingerprint density at radius 2 is 1.88 bits per heavy atom. The molecule has 0 heterocycles. The molecule has 2 rings (SSSR count). The van der Waals surface area contributed by atoms with Crippen molar-refractivity contribution in [1.29, 1.82) is 0 Å². The fourth-order valence-corrected chi connectivity index (χ4v) is 2.52. The molecule has 0 aliphatic carbocycles. The second kappa shape index (κ2) is 7.64. The molecule has 24 heavy (non-hydrogen) atoms. The van der Waals surface area contributed by atoms with Crippen molar-refractivity contribution in [1.82, 2.24) is 0 Å². The molecule has 0 spiro atoms. The Balaban J connectivity index is 2.18. The number of benzene rings is 2. The molecule has 7 heteroatoms. The lowest BCUT2D eigenvalue weighted by atomic mass is 10.1. The van der Waals surface area contributed by atoms with Gasteiger partial charge in [-0.15, -0.1) is 0 Å². The summed E-state index contributed by atoms with van der Waals surface area (Å²) >= 11 is 11.8. The Labute approximate surface area is 149 Å². The average Bonchev–Trinajstić information content (AvgIpc) is 2.51. The first-order valence-corrected chi connectivity index (χ1v) is 7.83. The van der Waals surface area contributed by atoms with E-state index in [-0.39, 0.29) is 17.5 Å². The predicted octanol–water partition coefficient (Wildman–Crippen LogP) is 4.43. The summed E-state index contributed by atoms with van der Waals surface area (Å²) in [6, 6.07) is 8.98. The van der Waals surface area contributed by atoms with E-state index in [2.05, 4.69) is 5.32 Å². The molecule has 0 saturated heterocycles. The SMILES string of the molecule is CC(=O)N(CC(=O)Nc1ccc(F)c(Cl)c1)c1cccc(Cl)c1C. The van der Waals surface area contributed by atoms with Crippen LogP contribution in [-0.2, 0) is 9.59 Å². The molecule has 0 unspecified atom stereocenters. The molecule has 1 N–H and O–H groups in total.